The molecule has 0 fully saturated rings. The Morgan fingerprint density at radius 1 is 1.67 bits per heavy atom. The second kappa shape index (κ2) is 5.47. The Balaban J connectivity index is 2.34. The number of rotatable bonds is 3. The van der Waals surface area contributed by atoms with Gasteiger partial charge in [0.2, 0.25) is 0 Å². The zero-order valence-corrected chi connectivity index (χ0v) is 5.95. The number of hydrogen-bond donors (Lipinski definition) is 1. The van der Waals surface area contributed by atoms with Crippen molar-refractivity contribution in [1.29, 1.82) is 0 Å². The second-order valence-electron chi connectivity index (χ2n) is 1.18. The minimum absolute atomic E-state index is 0.181. The van der Waals surface area contributed by atoms with Crippen molar-refractivity contribution in [3.8, 4) is 0 Å². The predicted molar refractivity (Wildman–Crippen MR) is 32.9 cm³/mol. The van der Waals surface area contributed by atoms with E-state index in [0.717, 1.165) is 12.3 Å². The smallest absolute Gasteiger partial charge is 0.0888 e. The summed E-state index contributed by atoms with van der Waals surface area (Å²) in [6.07, 6.45) is 1.12. The van der Waals surface area contributed by atoms with E-state index in [9.17, 15) is 0 Å². The van der Waals surface area contributed by atoms with E-state index in [1.165, 1.54) is 6.04 Å². The van der Waals surface area contributed by atoms with Crippen LogP contribution in [0.4, 0.5) is 0 Å². The van der Waals surface area contributed by atoms with Crippen LogP contribution in [0.5, 0.6) is 0 Å². The minimum atomic E-state index is -0.181. The van der Waals surface area contributed by atoms with Gasteiger partial charge in [0.05, 0.1) is 9.68 Å². The lowest BCUT2D eigenvalue weighted by atomic mass is 10.6. The second-order valence-corrected chi connectivity index (χ2v) is 2.85. The zero-order valence-electron chi connectivity index (χ0n) is 3.78. The van der Waals surface area contributed by atoms with Gasteiger partial charge in [0, 0.05) is 5.88 Å². The van der Waals surface area contributed by atoms with Gasteiger partial charge in [-0.3, -0.25) is 0 Å². The summed E-state index contributed by atoms with van der Waals surface area (Å²) in [5.74, 6) is 0.782. The molecule has 0 saturated carbocycles. The maximum Gasteiger partial charge on any atom is 0.0888 e. The van der Waals surface area contributed by atoms with E-state index in [4.69, 9.17) is 17.0 Å². The van der Waals surface area contributed by atoms with Gasteiger partial charge in [0.15, 0.2) is 0 Å². The lowest BCUT2D eigenvalue weighted by molar-refractivity contribution is 1.08. The standard InChI is InChI=1S/C3H10ClNSi/c4-2-1-3-6-5/h1-3,5-6H2. The molecule has 0 aliphatic rings. The van der Waals surface area contributed by atoms with Gasteiger partial charge in [-0.05, 0) is 12.5 Å². The van der Waals surface area contributed by atoms with Crippen molar-refractivity contribution in [2.75, 3.05) is 5.88 Å². The van der Waals surface area contributed by atoms with Crippen LogP contribution in [-0.4, -0.2) is 15.6 Å². The van der Waals surface area contributed by atoms with Crippen LogP contribution >= 0.6 is 11.6 Å². The van der Waals surface area contributed by atoms with Gasteiger partial charge in [0.1, 0.15) is 0 Å². The van der Waals surface area contributed by atoms with Crippen LogP contribution < -0.4 is 5.40 Å². The average molecular weight is 124 g/mol. The van der Waals surface area contributed by atoms with E-state index in [1.54, 1.807) is 0 Å². The summed E-state index contributed by atoms with van der Waals surface area (Å²) in [5, 5.41) is 5.29. The van der Waals surface area contributed by atoms with E-state index in [-0.39, 0.29) is 9.68 Å². The Bertz CT molecular complexity index is 22.8. The fourth-order valence-corrected chi connectivity index (χ4v) is 1.28. The third-order valence-electron chi connectivity index (χ3n) is 0.588. The third-order valence-corrected chi connectivity index (χ3v) is 1.76. The molecular formula is C3H10ClNSi. The molecule has 6 heavy (non-hydrogen) atoms. The van der Waals surface area contributed by atoms with Crippen molar-refractivity contribution in [2.24, 2.45) is 5.40 Å². The molecule has 0 radical (unpaired) electrons. The average Bonchev–Trinajstić information content (AvgIpc) is 1.61. The number of hydrogen-bond acceptors (Lipinski definition) is 1. The molecule has 38 valence electrons. The molecule has 0 aliphatic carbocycles. The molecule has 0 unspecified atom stereocenters. The fourth-order valence-electron chi connectivity index (χ4n) is 0.239. The topological polar surface area (TPSA) is 26.0 Å². The van der Waals surface area contributed by atoms with E-state index in [2.05, 4.69) is 0 Å². The number of halogens is 1. The van der Waals surface area contributed by atoms with Gasteiger partial charge in [-0.2, -0.15) is 0 Å². The highest BCUT2D eigenvalue weighted by Crippen LogP contribution is 1.86. The third kappa shape index (κ3) is 4.47. The zero-order chi connectivity index (χ0) is 4.83. The Labute approximate surface area is 45.8 Å². The largest absolute Gasteiger partial charge is 0.356 e. The van der Waals surface area contributed by atoms with Crippen LogP contribution in [0.3, 0.4) is 0 Å². The molecule has 0 aromatic heterocycles. The van der Waals surface area contributed by atoms with Crippen molar-refractivity contribution in [2.45, 2.75) is 12.5 Å². The molecule has 0 heterocycles. The van der Waals surface area contributed by atoms with Crippen LogP contribution in [0.1, 0.15) is 6.42 Å². The quantitative estimate of drug-likeness (QED) is 0.321. The van der Waals surface area contributed by atoms with Gasteiger partial charge >= 0.3 is 0 Å². The lowest BCUT2D eigenvalue weighted by Gasteiger charge is -1.84. The Kier molecular flexibility index (Phi) is 5.89. The number of nitrogens with two attached hydrogens (primary N) is 1. The molecule has 0 bridgehead atoms. The first kappa shape index (κ1) is 6.47. The Morgan fingerprint density at radius 2 is 2.33 bits per heavy atom. The molecule has 0 saturated heterocycles. The van der Waals surface area contributed by atoms with E-state index < -0.39 is 0 Å². The van der Waals surface area contributed by atoms with Gasteiger partial charge in [-0.1, -0.05) is 0 Å². The van der Waals surface area contributed by atoms with Crippen molar-refractivity contribution >= 4 is 21.3 Å². The first-order valence-corrected chi connectivity index (χ1v) is 4.53. The Hall–Kier alpha value is 0.467. The molecule has 3 heteroatoms. The van der Waals surface area contributed by atoms with E-state index in [0.29, 0.717) is 0 Å². The monoisotopic (exact) mass is 123 g/mol. The first-order valence-electron chi connectivity index (χ1n) is 2.18. The molecule has 0 rings (SSSR count). The van der Waals surface area contributed by atoms with E-state index in [1.807, 2.05) is 0 Å². The van der Waals surface area contributed by atoms with Crippen molar-refractivity contribution < 1.29 is 0 Å². The normalized spacial score (nSPS) is 11.0. The maximum atomic E-state index is 5.35. The summed E-state index contributed by atoms with van der Waals surface area (Å²) in [6, 6.07) is 1.20. The van der Waals surface area contributed by atoms with Gasteiger partial charge < -0.3 is 5.40 Å². The lowest BCUT2D eigenvalue weighted by Crippen LogP contribution is -2.02. The molecule has 0 aromatic rings. The van der Waals surface area contributed by atoms with Crippen LogP contribution in [0, 0.1) is 0 Å². The Morgan fingerprint density at radius 3 is 2.50 bits per heavy atom. The minimum Gasteiger partial charge on any atom is -0.356 e. The molecule has 0 spiro atoms. The number of alkyl halides is 1. The van der Waals surface area contributed by atoms with Gasteiger partial charge in [-0.25, -0.2) is 0 Å². The summed E-state index contributed by atoms with van der Waals surface area (Å²) in [5.41, 5.74) is 0. The van der Waals surface area contributed by atoms with E-state index >= 15 is 0 Å². The molecule has 0 aliphatic heterocycles. The van der Waals surface area contributed by atoms with Crippen molar-refractivity contribution in [3.05, 3.63) is 0 Å². The summed E-state index contributed by atoms with van der Waals surface area (Å²) in [4.78, 5) is 0. The summed E-state index contributed by atoms with van der Waals surface area (Å²) in [6.45, 7) is 0. The predicted octanol–water partition coefficient (Wildman–Crippen LogP) is 0.0761. The summed E-state index contributed by atoms with van der Waals surface area (Å²) >= 11 is 5.35. The van der Waals surface area contributed by atoms with Crippen LogP contribution in [0.2, 0.25) is 6.04 Å². The van der Waals surface area contributed by atoms with Gasteiger partial charge in [-0.15, -0.1) is 11.6 Å². The summed E-state index contributed by atoms with van der Waals surface area (Å²) in [7, 11) is -0.181. The summed E-state index contributed by atoms with van der Waals surface area (Å²) < 4.78 is 0. The molecule has 0 aromatic carbocycles. The van der Waals surface area contributed by atoms with Crippen LogP contribution in [-0.2, 0) is 0 Å². The molecule has 2 N–H and O–H groups in total. The molecule has 0 atom stereocenters. The molecule has 1 nitrogen and oxygen atoms in total. The highest BCUT2D eigenvalue weighted by atomic mass is 35.5. The van der Waals surface area contributed by atoms with Crippen LogP contribution in [0.15, 0.2) is 0 Å². The highest BCUT2D eigenvalue weighted by Gasteiger charge is 1.78. The fraction of sp³-hybridized carbons (Fsp3) is 1.00. The highest BCUT2D eigenvalue weighted by molar-refractivity contribution is 6.31. The van der Waals surface area contributed by atoms with Crippen molar-refractivity contribution in [1.82, 2.24) is 0 Å². The van der Waals surface area contributed by atoms with Crippen molar-refractivity contribution in [3.63, 3.8) is 0 Å². The molecule has 0 amide bonds. The molecular weight excluding hydrogens is 114 g/mol. The maximum absolute atomic E-state index is 5.35. The van der Waals surface area contributed by atoms with Gasteiger partial charge in [0.25, 0.3) is 0 Å². The van der Waals surface area contributed by atoms with Crippen LogP contribution in [0.25, 0.3) is 0 Å². The first-order chi connectivity index (χ1) is 2.91. The SMILES string of the molecule is N[SiH2]CCCCl.